The Bertz CT molecular complexity index is 863. The van der Waals surface area contributed by atoms with E-state index in [0.717, 1.165) is 23.6 Å². The highest BCUT2D eigenvalue weighted by molar-refractivity contribution is 5.66. The molecule has 5 heteroatoms. The standard InChI is InChI=1S/C20H25N5/c1-20(2,3)13-16-10-7-11-24(16)18-12-17(15-8-5-4-6-9-15)23-19-21-14-22-25(18)19/h4-6,8-9,12,14,16H,7,10-11,13H2,1-3H3/t16-/m1/s1. The molecule has 0 aliphatic carbocycles. The van der Waals surface area contributed by atoms with Gasteiger partial charge >= 0.3 is 0 Å². The number of hydrogen-bond donors (Lipinski definition) is 0. The Kier molecular flexibility index (Phi) is 3.94. The number of rotatable bonds is 3. The number of aromatic nitrogens is 4. The number of anilines is 1. The Morgan fingerprint density at radius 1 is 1.16 bits per heavy atom. The van der Waals surface area contributed by atoms with Crippen LogP contribution in [0.4, 0.5) is 5.82 Å². The minimum absolute atomic E-state index is 0.310. The normalized spacial score (nSPS) is 18.2. The van der Waals surface area contributed by atoms with Gasteiger partial charge < -0.3 is 4.90 Å². The summed E-state index contributed by atoms with van der Waals surface area (Å²) in [5, 5.41) is 4.43. The van der Waals surface area contributed by atoms with Gasteiger partial charge in [-0.2, -0.15) is 14.6 Å². The molecule has 0 spiro atoms. The van der Waals surface area contributed by atoms with Crippen molar-refractivity contribution in [1.82, 2.24) is 19.6 Å². The van der Waals surface area contributed by atoms with Crippen LogP contribution in [0.2, 0.25) is 0 Å². The third kappa shape index (κ3) is 3.23. The van der Waals surface area contributed by atoms with Crippen LogP contribution in [-0.2, 0) is 0 Å². The number of fused-ring (bicyclic) bond motifs is 1. The second-order valence-electron chi connectivity index (χ2n) is 8.09. The van der Waals surface area contributed by atoms with Gasteiger partial charge in [-0.05, 0) is 24.7 Å². The summed E-state index contributed by atoms with van der Waals surface area (Å²) in [4.78, 5) is 11.6. The summed E-state index contributed by atoms with van der Waals surface area (Å²) in [6.45, 7) is 8.01. The van der Waals surface area contributed by atoms with Gasteiger partial charge in [-0.15, -0.1) is 0 Å². The minimum atomic E-state index is 0.310. The molecule has 1 aromatic carbocycles. The van der Waals surface area contributed by atoms with Crippen molar-refractivity contribution < 1.29 is 0 Å². The molecular formula is C20H25N5. The first-order valence-corrected chi connectivity index (χ1v) is 9.04. The fourth-order valence-electron chi connectivity index (χ4n) is 3.81. The van der Waals surface area contributed by atoms with Crippen LogP contribution in [-0.4, -0.2) is 32.2 Å². The first kappa shape index (κ1) is 16.1. The van der Waals surface area contributed by atoms with E-state index in [-0.39, 0.29) is 0 Å². The van der Waals surface area contributed by atoms with Gasteiger partial charge in [0.15, 0.2) is 0 Å². The zero-order chi connectivity index (χ0) is 17.4. The van der Waals surface area contributed by atoms with Gasteiger partial charge in [0.25, 0.3) is 5.78 Å². The van der Waals surface area contributed by atoms with Crippen molar-refractivity contribution in [3.05, 3.63) is 42.7 Å². The van der Waals surface area contributed by atoms with E-state index in [1.54, 1.807) is 6.33 Å². The summed E-state index contributed by atoms with van der Waals surface area (Å²) < 4.78 is 1.88. The summed E-state index contributed by atoms with van der Waals surface area (Å²) in [7, 11) is 0. The van der Waals surface area contributed by atoms with Crippen LogP contribution in [0.25, 0.3) is 17.0 Å². The number of benzene rings is 1. The molecule has 25 heavy (non-hydrogen) atoms. The SMILES string of the molecule is CC(C)(C)C[C@H]1CCCN1c1cc(-c2ccccc2)nc2ncnn12. The van der Waals surface area contributed by atoms with Crippen LogP contribution in [0.5, 0.6) is 0 Å². The molecule has 2 aromatic heterocycles. The first-order valence-electron chi connectivity index (χ1n) is 9.04. The smallest absolute Gasteiger partial charge is 0.254 e. The highest BCUT2D eigenvalue weighted by Crippen LogP contribution is 2.34. The topological polar surface area (TPSA) is 46.3 Å². The molecule has 0 N–H and O–H groups in total. The van der Waals surface area contributed by atoms with Gasteiger partial charge in [0.1, 0.15) is 12.1 Å². The molecule has 1 fully saturated rings. The molecule has 0 amide bonds. The van der Waals surface area contributed by atoms with E-state index in [1.165, 1.54) is 19.3 Å². The maximum atomic E-state index is 4.70. The molecule has 1 saturated heterocycles. The van der Waals surface area contributed by atoms with Crippen LogP contribution in [0, 0.1) is 5.41 Å². The Morgan fingerprint density at radius 3 is 2.72 bits per heavy atom. The van der Waals surface area contributed by atoms with E-state index in [9.17, 15) is 0 Å². The van der Waals surface area contributed by atoms with Crippen molar-refractivity contribution in [2.75, 3.05) is 11.4 Å². The summed E-state index contributed by atoms with van der Waals surface area (Å²) in [5.41, 5.74) is 2.38. The summed E-state index contributed by atoms with van der Waals surface area (Å²) in [6, 6.07) is 13.0. The molecule has 4 rings (SSSR count). The van der Waals surface area contributed by atoms with E-state index in [0.29, 0.717) is 17.2 Å². The maximum Gasteiger partial charge on any atom is 0.254 e. The zero-order valence-electron chi connectivity index (χ0n) is 15.2. The second kappa shape index (κ2) is 6.14. The lowest BCUT2D eigenvalue weighted by Crippen LogP contribution is -2.34. The van der Waals surface area contributed by atoms with Crippen LogP contribution >= 0.6 is 0 Å². The van der Waals surface area contributed by atoms with E-state index < -0.39 is 0 Å². The van der Waals surface area contributed by atoms with Crippen molar-refractivity contribution in [3.63, 3.8) is 0 Å². The molecule has 130 valence electrons. The Labute approximate surface area is 148 Å². The fraction of sp³-hybridized carbons (Fsp3) is 0.450. The molecule has 0 unspecified atom stereocenters. The lowest BCUT2D eigenvalue weighted by Gasteiger charge is -2.32. The highest BCUT2D eigenvalue weighted by atomic mass is 15.4. The molecule has 3 aromatic rings. The highest BCUT2D eigenvalue weighted by Gasteiger charge is 2.30. The average molecular weight is 335 g/mol. The van der Waals surface area contributed by atoms with Crippen LogP contribution in [0.15, 0.2) is 42.7 Å². The predicted molar refractivity (Wildman–Crippen MR) is 101 cm³/mol. The maximum absolute atomic E-state index is 4.70. The molecule has 5 nitrogen and oxygen atoms in total. The molecular weight excluding hydrogens is 310 g/mol. The molecule has 3 heterocycles. The lowest BCUT2D eigenvalue weighted by molar-refractivity contribution is 0.338. The van der Waals surface area contributed by atoms with Crippen molar-refractivity contribution >= 4 is 11.6 Å². The number of hydrogen-bond acceptors (Lipinski definition) is 4. The molecule has 0 radical (unpaired) electrons. The van der Waals surface area contributed by atoms with E-state index >= 15 is 0 Å². The largest absolute Gasteiger partial charge is 0.353 e. The number of nitrogens with zero attached hydrogens (tertiary/aromatic N) is 5. The Hall–Kier alpha value is -2.43. The second-order valence-corrected chi connectivity index (χ2v) is 8.09. The Balaban J connectivity index is 1.79. The predicted octanol–water partition coefficient (Wildman–Crippen LogP) is 4.20. The van der Waals surface area contributed by atoms with Crippen LogP contribution in [0.1, 0.15) is 40.0 Å². The third-order valence-electron chi connectivity index (χ3n) is 4.82. The fourth-order valence-corrected chi connectivity index (χ4v) is 3.81. The average Bonchev–Trinajstić information content (AvgIpc) is 3.22. The third-order valence-corrected chi connectivity index (χ3v) is 4.82. The van der Waals surface area contributed by atoms with Gasteiger partial charge in [0, 0.05) is 24.2 Å². The summed E-state index contributed by atoms with van der Waals surface area (Å²) in [6.07, 6.45) is 5.22. The van der Waals surface area contributed by atoms with Gasteiger partial charge in [0.2, 0.25) is 0 Å². The van der Waals surface area contributed by atoms with Gasteiger partial charge in [-0.3, -0.25) is 0 Å². The van der Waals surface area contributed by atoms with Crippen molar-refractivity contribution in [2.24, 2.45) is 5.41 Å². The monoisotopic (exact) mass is 335 g/mol. The van der Waals surface area contributed by atoms with Crippen molar-refractivity contribution in [2.45, 2.75) is 46.1 Å². The molecule has 1 aliphatic heterocycles. The lowest BCUT2D eigenvalue weighted by atomic mass is 9.87. The molecule has 0 bridgehead atoms. The summed E-state index contributed by atoms with van der Waals surface area (Å²) >= 11 is 0. The zero-order valence-corrected chi connectivity index (χ0v) is 15.2. The minimum Gasteiger partial charge on any atom is -0.353 e. The quantitative estimate of drug-likeness (QED) is 0.720. The van der Waals surface area contributed by atoms with E-state index in [2.05, 4.69) is 54.0 Å². The van der Waals surface area contributed by atoms with Gasteiger partial charge in [-0.25, -0.2) is 4.98 Å². The van der Waals surface area contributed by atoms with E-state index in [1.807, 2.05) is 22.7 Å². The summed E-state index contributed by atoms with van der Waals surface area (Å²) in [5.74, 6) is 1.77. The molecule has 1 aliphatic rings. The van der Waals surface area contributed by atoms with Crippen LogP contribution < -0.4 is 4.90 Å². The molecule has 1 atom stereocenters. The Morgan fingerprint density at radius 2 is 1.96 bits per heavy atom. The van der Waals surface area contributed by atoms with E-state index in [4.69, 9.17) is 4.98 Å². The van der Waals surface area contributed by atoms with Crippen molar-refractivity contribution in [1.29, 1.82) is 0 Å². The first-order chi connectivity index (χ1) is 12.0. The van der Waals surface area contributed by atoms with Crippen molar-refractivity contribution in [3.8, 4) is 11.3 Å². The van der Waals surface area contributed by atoms with Gasteiger partial charge in [-0.1, -0.05) is 51.1 Å². The van der Waals surface area contributed by atoms with Gasteiger partial charge in [0.05, 0.1) is 5.69 Å². The molecule has 0 saturated carbocycles. The van der Waals surface area contributed by atoms with Crippen LogP contribution in [0.3, 0.4) is 0 Å².